The standard InChI is InChI=1S/C27H20ClFN2O4S/c1-15(25(32)31-18-10-13-23(29)22(28)14-18)36-19-11-8-17(9-12-19)30-26(33)20-6-2-4-16-5-3-7-21(24(16)20)27(34)35/h2-15H,1H3,(H,30,33)(H,31,32)(H,34,35). The zero-order valence-electron chi connectivity index (χ0n) is 18.9. The monoisotopic (exact) mass is 522 g/mol. The Labute approximate surface area is 215 Å². The molecule has 4 aromatic carbocycles. The molecule has 0 aliphatic heterocycles. The van der Waals surface area contributed by atoms with Crippen molar-refractivity contribution in [1.29, 1.82) is 0 Å². The van der Waals surface area contributed by atoms with Gasteiger partial charge in [0.1, 0.15) is 5.82 Å². The Balaban J connectivity index is 1.43. The van der Waals surface area contributed by atoms with Gasteiger partial charge in [-0.25, -0.2) is 9.18 Å². The number of hydrogen-bond donors (Lipinski definition) is 3. The van der Waals surface area contributed by atoms with E-state index >= 15 is 0 Å². The van der Waals surface area contributed by atoms with Gasteiger partial charge >= 0.3 is 5.97 Å². The molecule has 6 nitrogen and oxygen atoms in total. The molecule has 0 saturated heterocycles. The lowest BCUT2D eigenvalue weighted by Crippen LogP contribution is -2.22. The van der Waals surface area contributed by atoms with Gasteiger partial charge in [-0.2, -0.15) is 0 Å². The van der Waals surface area contributed by atoms with Crippen molar-refractivity contribution in [1.82, 2.24) is 0 Å². The highest BCUT2D eigenvalue weighted by Gasteiger charge is 2.18. The number of carboxylic acids is 1. The van der Waals surface area contributed by atoms with Crippen molar-refractivity contribution in [2.45, 2.75) is 17.1 Å². The van der Waals surface area contributed by atoms with E-state index in [9.17, 15) is 23.9 Å². The first-order valence-electron chi connectivity index (χ1n) is 10.8. The smallest absolute Gasteiger partial charge is 0.336 e. The first-order valence-corrected chi connectivity index (χ1v) is 12.1. The van der Waals surface area contributed by atoms with Crippen LogP contribution in [0.15, 0.2) is 83.8 Å². The Hall–Kier alpha value is -3.88. The summed E-state index contributed by atoms with van der Waals surface area (Å²) in [5, 5.41) is 15.5. The van der Waals surface area contributed by atoms with Crippen molar-refractivity contribution in [2.24, 2.45) is 0 Å². The third-order valence-electron chi connectivity index (χ3n) is 5.36. The average molecular weight is 523 g/mol. The van der Waals surface area contributed by atoms with E-state index in [0.29, 0.717) is 22.1 Å². The lowest BCUT2D eigenvalue weighted by atomic mass is 9.98. The number of nitrogens with one attached hydrogen (secondary N) is 2. The molecule has 36 heavy (non-hydrogen) atoms. The van der Waals surface area contributed by atoms with Crippen molar-refractivity contribution in [3.05, 3.63) is 101 Å². The highest BCUT2D eigenvalue weighted by Crippen LogP contribution is 2.28. The molecule has 4 rings (SSSR count). The van der Waals surface area contributed by atoms with E-state index in [4.69, 9.17) is 11.6 Å². The van der Waals surface area contributed by atoms with Gasteiger partial charge in [-0.1, -0.05) is 35.9 Å². The van der Waals surface area contributed by atoms with Crippen LogP contribution in [0.2, 0.25) is 5.02 Å². The summed E-state index contributed by atoms with van der Waals surface area (Å²) in [7, 11) is 0. The Morgan fingerprint density at radius 1 is 0.889 bits per heavy atom. The molecule has 0 heterocycles. The molecule has 0 aliphatic carbocycles. The normalized spacial score (nSPS) is 11.6. The maximum absolute atomic E-state index is 13.3. The minimum Gasteiger partial charge on any atom is -0.478 e. The number of aromatic carboxylic acids is 1. The second-order valence-corrected chi connectivity index (χ2v) is 9.69. The summed E-state index contributed by atoms with van der Waals surface area (Å²) < 4.78 is 13.3. The summed E-state index contributed by atoms with van der Waals surface area (Å²) in [4.78, 5) is 37.9. The van der Waals surface area contributed by atoms with Gasteiger partial charge in [0.25, 0.3) is 5.91 Å². The first kappa shape index (κ1) is 25.2. The fourth-order valence-electron chi connectivity index (χ4n) is 3.60. The number of thioether (sulfide) groups is 1. The number of carbonyl (C=O) groups is 3. The lowest BCUT2D eigenvalue weighted by Gasteiger charge is -2.13. The first-order chi connectivity index (χ1) is 17.2. The largest absolute Gasteiger partial charge is 0.478 e. The van der Waals surface area contributed by atoms with Crippen LogP contribution in [-0.2, 0) is 4.79 Å². The van der Waals surface area contributed by atoms with Crippen LogP contribution in [0.5, 0.6) is 0 Å². The number of benzene rings is 4. The van der Waals surface area contributed by atoms with Crippen LogP contribution in [0, 0.1) is 5.82 Å². The fraction of sp³-hybridized carbons (Fsp3) is 0.0741. The maximum atomic E-state index is 13.3. The van der Waals surface area contributed by atoms with E-state index in [1.165, 1.54) is 36.0 Å². The van der Waals surface area contributed by atoms with Gasteiger partial charge < -0.3 is 15.7 Å². The van der Waals surface area contributed by atoms with Crippen LogP contribution in [-0.4, -0.2) is 28.1 Å². The van der Waals surface area contributed by atoms with E-state index < -0.39 is 22.9 Å². The summed E-state index contributed by atoms with van der Waals surface area (Å²) in [6.07, 6.45) is 0. The van der Waals surface area contributed by atoms with Crippen LogP contribution >= 0.6 is 23.4 Å². The van der Waals surface area contributed by atoms with Gasteiger partial charge in [0.15, 0.2) is 0 Å². The Kier molecular flexibility index (Phi) is 7.57. The van der Waals surface area contributed by atoms with E-state index in [-0.39, 0.29) is 22.1 Å². The van der Waals surface area contributed by atoms with Gasteiger partial charge in [0.05, 0.1) is 15.8 Å². The molecule has 0 saturated carbocycles. The van der Waals surface area contributed by atoms with Crippen molar-refractivity contribution in [2.75, 3.05) is 10.6 Å². The molecule has 0 aliphatic rings. The number of anilines is 2. The summed E-state index contributed by atoms with van der Waals surface area (Å²) in [6, 6.07) is 20.8. The fourth-order valence-corrected chi connectivity index (χ4v) is 4.65. The van der Waals surface area contributed by atoms with Crippen LogP contribution < -0.4 is 10.6 Å². The van der Waals surface area contributed by atoms with Crippen molar-refractivity contribution in [3.63, 3.8) is 0 Å². The van der Waals surface area contributed by atoms with Gasteiger partial charge in [0.2, 0.25) is 5.91 Å². The molecule has 2 amide bonds. The molecule has 0 spiro atoms. The highest BCUT2D eigenvalue weighted by molar-refractivity contribution is 8.00. The van der Waals surface area contributed by atoms with Crippen LogP contribution in [0.1, 0.15) is 27.6 Å². The molecule has 182 valence electrons. The summed E-state index contributed by atoms with van der Waals surface area (Å²) in [6.45, 7) is 1.74. The molecule has 0 radical (unpaired) electrons. The lowest BCUT2D eigenvalue weighted by molar-refractivity contribution is -0.115. The minimum atomic E-state index is -1.11. The van der Waals surface area contributed by atoms with E-state index in [2.05, 4.69) is 10.6 Å². The number of amides is 2. The van der Waals surface area contributed by atoms with Gasteiger partial charge in [-0.3, -0.25) is 9.59 Å². The Bertz CT molecular complexity index is 1470. The molecule has 1 atom stereocenters. The summed E-state index contributed by atoms with van der Waals surface area (Å²) >= 11 is 7.07. The zero-order valence-corrected chi connectivity index (χ0v) is 20.5. The molecular formula is C27H20ClFN2O4S. The average Bonchev–Trinajstić information content (AvgIpc) is 2.86. The maximum Gasteiger partial charge on any atom is 0.336 e. The predicted octanol–water partition coefficient (Wildman–Crippen LogP) is 6.70. The van der Waals surface area contributed by atoms with Crippen LogP contribution in [0.4, 0.5) is 15.8 Å². The summed E-state index contributed by atoms with van der Waals surface area (Å²) in [5.74, 6) is -2.37. The third-order valence-corrected chi connectivity index (χ3v) is 6.76. The molecule has 0 aromatic heterocycles. The van der Waals surface area contributed by atoms with Crippen molar-refractivity contribution >= 4 is 63.3 Å². The molecule has 3 N–H and O–H groups in total. The van der Waals surface area contributed by atoms with Crippen molar-refractivity contribution in [3.8, 4) is 0 Å². The zero-order chi connectivity index (χ0) is 25.8. The molecule has 4 aromatic rings. The van der Waals surface area contributed by atoms with E-state index in [1.807, 2.05) is 0 Å². The van der Waals surface area contributed by atoms with Gasteiger partial charge in [-0.05, 0) is 66.9 Å². The van der Waals surface area contributed by atoms with E-state index in [0.717, 1.165) is 4.90 Å². The molecular weight excluding hydrogens is 503 g/mol. The highest BCUT2D eigenvalue weighted by atomic mass is 35.5. The van der Waals surface area contributed by atoms with Crippen LogP contribution in [0.25, 0.3) is 10.8 Å². The number of carboxylic acid groups (broad SMARTS) is 1. The molecule has 9 heteroatoms. The number of halogens is 2. The Morgan fingerprint density at radius 3 is 2.17 bits per heavy atom. The number of hydrogen-bond acceptors (Lipinski definition) is 4. The van der Waals surface area contributed by atoms with Crippen molar-refractivity contribution < 1.29 is 23.9 Å². The quantitative estimate of drug-likeness (QED) is 0.235. The number of fused-ring (bicyclic) bond motifs is 1. The van der Waals surface area contributed by atoms with Gasteiger partial charge in [-0.15, -0.1) is 11.8 Å². The molecule has 1 unspecified atom stereocenters. The number of carbonyl (C=O) groups excluding carboxylic acids is 2. The van der Waals surface area contributed by atoms with Gasteiger partial charge in [0, 0.05) is 27.2 Å². The number of rotatable bonds is 7. The second kappa shape index (κ2) is 10.8. The second-order valence-electron chi connectivity index (χ2n) is 7.87. The SMILES string of the molecule is CC(Sc1ccc(NC(=O)c2cccc3cccc(C(=O)O)c23)cc1)C(=O)Nc1ccc(F)c(Cl)c1. The van der Waals surface area contributed by atoms with E-state index in [1.54, 1.807) is 61.5 Å². The topological polar surface area (TPSA) is 95.5 Å². The Morgan fingerprint density at radius 2 is 1.53 bits per heavy atom. The van der Waals surface area contributed by atoms with Crippen LogP contribution in [0.3, 0.4) is 0 Å². The molecule has 0 bridgehead atoms. The molecule has 0 fully saturated rings. The minimum absolute atomic E-state index is 0.0557. The third kappa shape index (κ3) is 5.67. The predicted molar refractivity (Wildman–Crippen MR) is 141 cm³/mol. The summed E-state index contributed by atoms with van der Waals surface area (Å²) in [5.41, 5.74) is 1.24.